The molecule has 0 spiro atoms. The molecule has 0 aliphatic carbocycles. The molecule has 0 unspecified atom stereocenters. The Morgan fingerprint density at radius 1 is 1.28 bits per heavy atom. The Hall–Kier alpha value is -1.17. The van der Waals surface area contributed by atoms with Crippen LogP contribution in [0.1, 0.15) is 12.2 Å². The van der Waals surface area contributed by atoms with Crippen LogP contribution in [-0.2, 0) is 6.54 Å². The van der Waals surface area contributed by atoms with Crippen molar-refractivity contribution >= 4 is 15.9 Å². The summed E-state index contributed by atoms with van der Waals surface area (Å²) < 4.78 is 1.07. The van der Waals surface area contributed by atoms with Gasteiger partial charge in [-0.3, -0.25) is 0 Å². The van der Waals surface area contributed by atoms with E-state index in [1.54, 1.807) is 0 Å². The van der Waals surface area contributed by atoms with Crippen molar-refractivity contribution in [2.45, 2.75) is 13.0 Å². The summed E-state index contributed by atoms with van der Waals surface area (Å²) in [5, 5.41) is 11.9. The van der Waals surface area contributed by atoms with Gasteiger partial charge in [-0.15, -0.1) is 0 Å². The molecule has 0 amide bonds. The maximum atomic E-state index is 8.67. The van der Waals surface area contributed by atoms with E-state index in [9.17, 15) is 0 Å². The van der Waals surface area contributed by atoms with E-state index in [1.807, 2.05) is 30.5 Å². The molecule has 1 aromatic heterocycles. The van der Waals surface area contributed by atoms with E-state index in [1.165, 1.54) is 0 Å². The number of aliphatic hydroxyl groups excluding tert-OH is 1. The molecule has 1 heterocycles. The fourth-order valence-corrected chi connectivity index (χ4v) is 1.90. The Labute approximate surface area is 115 Å². The van der Waals surface area contributed by atoms with E-state index in [2.05, 4.69) is 31.2 Å². The van der Waals surface area contributed by atoms with E-state index in [-0.39, 0.29) is 6.61 Å². The molecule has 3 N–H and O–H groups in total. The fourth-order valence-electron chi connectivity index (χ4n) is 1.64. The minimum Gasteiger partial charge on any atom is -0.396 e. The highest BCUT2D eigenvalue weighted by Gasteiger charge is 2.02. The number of aromatic amines is 1. The Kier molecular flexibility index (Phi) is 4.92. The number of benzene rings is 1. The van der Waals surface area contributed by atoms with E-state index < -0.39 is 0 Å². The number of nitrogens with one attached hydrogen (secondary N) is 2. The summed E-state index contributed by atoms with van der Waals surface area (Å²) in [6.07, 6.45) is 2.60. The molecule has 4 nitrogen and oxygen atoms in total. The van der Waals surface area contributed by atoms with Crippen LogP contribution in [0.25, 0.3) is 11.3 Å². The molecule has 0 saturated heterocycles. The van der Waals surface area contributed by atoms with Gasteiger partial charge in [-0.05, 0) is 30.7 Å². The number of H-pyrrole nitrogens is 1. The zero-order valence-electron chi connectivity index (χ0n) is 9.99. The largest absolute Gasteiger partial charge is 0.396 e. The minimum absolute atomic E-state index is 0.218. The van der Waals surface area contributed by atoms with Gasteiger partial charge in [0, 0.05) is 11.1 Å². The van der Waals surface area contributed by atoms with E-state index >= 15 is 0 Å². The second-order valence-corrected chi connectivity index (χ2v) is 4.92. The lowest BCUT2D eigenvalue weighted by molar-refractivity contribution is 0.286. The molecule has 0 aliphatic rings. The lowest BCUT2D eigenvalue weighted by Gasteiger charge is -2.00. The molecule has 0 aliphatic heterocycles. The number of rotatable bonds is 6. The van der Waals surface area contributed by atoms with Crippen molar-refractivity contribution in [3.05, 3.63) is 40.8 Å². The Morgan fingerprint density at radius 3 is 2.78 bits per heavy atom. The maximum Gasteiger partial charge on any atom is 0.120 e. The SMILES string of the molecule is OCCCNCc1ncc(-c2ccc(Br)cc2)[nH]1. The first-order valence-corrected chi connectivity index (χ1v) is 6.70. The molecule has 0 radical (unpaired) electrons. The van der Waals surface area contributed by atoms with Crippen molar-refractivity contribution in [1.82, 2.24) is 15.3 Å². The zero-order valence-corrected chi connectivity index (χ0v) is 11.6. The van der Waals surface area contributed by atoms with E-state index in [0.717, 1.165) is 34.5 Å². The minimum atomic E-state index is 0.218. The van der Waals surface area contributed by atoms with Gasteiger partial charge in [-0.1, -0.05) is 28.1 Å². The molecule has 1 aromatic carbocycles. The van der Waals surface area contributed by atoms with Gasteiger partial charge in [-0.25, -0.2) is 4.98 Å². The third-order valence-corrected chi connectivity index (χ3v) is 3.12. The van der Waals surface area contributed by atoms with Crippen molar-refractivity contribution in [2.24, 2.45) is 0 Å². The van der Waals surface area contributed by atoms with Crippen LogP contribution in [-0.4, -0.2) is 28.2 Å². The first-order valence-electron chi connectivity index (χ1n) is 5.91. The summed E-state index contributed by atoms with van der Waals surface area (Å²) in [6.45, 7) is 1.71. The standard InChI is InChI=1S/C13H16BrN3O/c14-11-4-2-10(3-5-11)12-8-16-13(17-12)9-15-6-1-7-18/h2-5,8,15,18H,1,6-7,9H2,(H,16,17). The summed E-state index contributed by atoms with van der Waals surface area (Å²) in [5.41, 5.74) is 2.13. The Morgan fingerprint density at radius 2 is 2.06 bits per heavy atom. The monoisotopic (exact) mass is 309 g/mol. The second-order valence-electron chi connectivity index (χ2n) is 4.00. The molecule has 96 valence electrons. The summed E-state index contributed by atoms with van der Waals surface area (Å²) in [5.74, 6) is 0.908. The van der Waals surface area contributed by atoms with Crippen LogP contribution in [0.2, 0.25) is 0 Å². The van der Waals surface area contributed by atoms with Gasteiger partial charge in [-0.2, -0.15) is 0 Å². The van der Waals surface area contributed by atoms with Gasteiger partial charge in [0.25, 0.3) is 0 Å². The predicted octanol–water partition coefficient (Wildman–Crippen LogP) is 2.31. The number of nitrogens with zero attached hydrogens (tertiary/aromatic N) is 1. The van der Waals surface area contributed by atoms with Crippen molar-refractivity contribution in [2.75, 3.05) is 13.2 Å². The van der Waals surface area contributed by atoms with Gasteiger partial charge < -0.3 is 15.4 Å². The van der Waals surface area contributed by atoms with Crippen molar-refractivity contribution < 1.29 is 5.11 Å². The lowest BCUT2D eigenvalue weighted by atomic mass is 10.2. The van der Waals surface area contributed by atoms with Crippen LogP contribution in [0, 0.1) is 0 Å². The van der Waals surface area contributed by atoms with Gasteiger partial charge in [0.05, 0.1) is 18.4 Å². The highest BCUT2D eigenvalue weighted by Crippen LogP contribution is 2.19. The van der Waals surface area contributed by atoms with Gasteiger partial charge in [0.2, 0.25) is 0 Å². The van der Waals surface area contributed by atoms with Crippen LogP contribution in [0.3, 0.4) is 0 Å². The smallest absolute Gasteiger partial charge is 0.120 e. The van der Waals surface area contributed by atoms with Gasteiger partial charge in [0.1, 0.15) is 5.82 Å². The molecule has 2 aromatic rings. The summed E-state index contributed by atoms with van der Waals surface area (Å²) in [7, 11) is 0. The number of imidazole rings is 1. The Balaban J connectivity index is 1.95. The molecule has 0 atom stereocenters. The fraction of sp³-hybridized carbons (Fsp3) is 0.308. The molecule has 2 rings (SSSR count). The molecule has 0 bridgehead atoms. The number of hydrogen-bond acceptors (Lipinski definition) is 3. The van der Waals surface area contributed by atoms with Gasteiger partial charge >= 0.3 is 0 Å². The molecule has 18 heavy (non-hydrogen) atoms. The first-order chi connectivity index (χ1) is 8.79. The maximum absolute atomic E-state index is 8.67. The second kappa shape index (κ2) is 6.68. The number of halogens is 1. The molecule has 5 heteroatoms. The topological polar surface area (TPSA) is 60.9 Å². The van der Waals surface area contributed by atoms with E-state index in [0.29, 0.717) is 6.54 Å². The number of aliphatic hydroxyl groups is 1. The van der Waals surface area contributed by atoms with Crippen LogP contribution in [0.5, 0.6) is 0 Å². The quantitative estimate of drug-likeness (QED) is 0.718. The van der Waals surface area contributed by atoms with Crippen LogP contribution < -0.4 is 5.32 Å². The first kappa shape index (κ1) is 13.3. The Bertz CT molecular complexity index is 481. The lowest BCUT2D eigenvalue weighted by Crippen LogP contribution is -2.16. The van der Waals surface area contributed by atoms with E-state index in [4.69, 9.17) is 5.11 Å². The third-order valence-electron chi connectivity index (χ3n) is 2.59. The molecule has 0 fully saturated rings. The summed E-state index contributed by atoms with van der Waals surface area (Å²) in [6, 6.07) is 8.10. The van der Waals surface area contributed by atoms with Gasteiger partial charge in [0.15, 0.2) is 0 Å². The number of aromatic nitrogens is 2. The normalized spacial score (nSPS) is 10.8. The zero-order chi connectivity index (χ0) is 12.8. The summed E-state index contributed by atoms with van der Waals surface area (Å²) >= 11 is 3.42. The molecular weight excluding hydrogens is 294 g/mol. The van der Waals surface area contributed by atoms with Crippen LogP contribution >= 0.6 is 15.9 Å². The molecular formula is C13H16BrN3O. The molecule has 0 saturated carbocycles. The summed E-state index contributed by atoms with van der Waals surface area (Å²) in [4.78, 5) is 7.59. The van der Waals surface area contributed by atoms with Crippen LogP contribution in [0.15, 0.2) is 34.9 Å². The van der Waals surface area contributed by atoms with Crippen molar-refractivity contribution in [3.8, 4) is 11.3 Å². The van der Waals surface area contributed by atoms with Crippen molar-refractivity contribution in [3.63, 3.8) is 0 Å². The highest BCUT2D eigenvalue weighted by molar-refractivity contribution is 9.10. The number of hydrogen-bond donors (Lipinski definition) is 3. The van der Waals surface area contributed by atoms with Crippen molar-refractivity contribution in [1.29, 1.82) is 0 Å². The highest BCUT2D eigenvalue weighted by atomic mass is 79.9. The van der Waals surface area contributed by atoms with Crippen LogP contribution in [0.4, 0.5) is 0 Å². The third kappa shape index (κ3) is 3.66. The predicted molar refractivity (Wildman–Crippen MR) is 75.1 cm³/mol. The average Bonchev–Trinajstić information content (AvgIpc) is 2.84. The average molecular weight is 310 g/mol.